The Bertz CT molecular complexity index is 543. The molecule has 17 heavy (non-hydrogen) atoms. The minimum Gasteiger partial charge on any atom is -0.494 e. The molecule has 5 nitrogen and oxygen atoms in total. The molecule has 2 rings (SSSR count). The lowest BCUT2D eigenvalue weighted by atomic mass is 10.1. The molecule has 0 bridgehead atoms. The fourth-order valence-electron chi connectivity index (χ4n) is 1.52. The summed E-state index contributed by atoms with van der Waals surface area (Å²) in [7, 11) is 1.39. The number of methoxy groups -OCH3 is 1. The van der Waals surface area contributed by atoms with Crippen LogP contribution in [0.2, 0.25) is 5.15 Å². The van der Waals surface area contributed by atoms with Crippen LogP contribution in [0.5, 0.6) is 5.75 Å². The molecule has 1 heterocycles. The molecule has 0 spiro atoms. The molecule has 90 valence electrons. The molecule has 0 fully saturated rings. The summed E-state index contributed by atoms with van der Waals surface area (Å²) in [5, 5.41) is 7.61. The van der Waals surface area contributed by atoms with Crippen molar-refractivity contribution in [3.63, 3.8) is 0 Å². The first-order chi connectivity index (χ1) is 8.17. The van der Waals surface area contributed by atoms with E-state index in [1.165, 1.54) is 24.1 Å². The zero-order valence-electron chi connectivity index (χ0n) is 9.02. The second-order valence-corrected chi connectivity index (χ2v) is 3.66. The first kappa shape index (κ1) is 11.8. The normalized spacial score (nSPS) is 10.6. The van der Waals surface area contributed by atoms with Gasteiger partial charge >= 0.3 is 0 Å². The largest absolute Gasteiger partial charge is 0.494 e. The Hall–Kier alpha value is -1.66. The lowest BCUT2D eigenvalue weighted by Crippen LogP contribution is -2.09. The molecule has 0 unspecified atom stereocenters. The van der Waals surface area contributed by atoms with Crippen LogP contribution in [0.3, 0.4) is 0 Å². The Balaban J connectivity index is 2.58. The zero-order chi connectivity index (χ0) is 12.4. The van der Waals surface area contributed by atoms with Crippen molar-refractivity contribution in [2.75, 3.05) is 7.11 Å². The van der Waals surface area contributed by atoms with Crippen molar-refractivity contribution < 1.29 is 9.13 Å². The van der Waals surface area contributed by atoms with Crippen LogP contribution in [0.4, 0.5) is 4.39 Å². The standard InChI is InChI=1S/C10H10ClFN4O/c1-17-8-3-2-7(6(4-13)10(8)12)16-5-9(11)14-15-16/h2-3,5H,4,13H2,1H3. The van der Waals surface area contributed by atoms with E-state index in [-0.39, 0.29) is 17.4 Å². The lowest BCUT2D eigenvalue weighted by Gasteiger charge is -2.11. The maximum atomic E-state index is 13.9. The van der Waals surface area contributed by atoms with Crippen molar-refractivity contribution in [1.29, 1.82) is 0 Å². The Morgan fingerprint density at radius 2 is 2.29 bits per heavy atom. The molecule has 2 N–H and O–H groups in total. The zero-order valence-corrected chi connectivity index (χ0v) is 9.78. The van der Waals surface area contributed by atoms with Gasteiger partial charge in [0.1, 0.15) is 0 Å². The number of ether oxygens (including phenoxy) is 1. The van der Waals surface area contributed by atoms with Crippen LogP contribution in [0.15, 0.2) is 18.3 Å². The third-order valence-electron chi connectivity index (χ3n) is 2.32. The molecule has 1 aromatic heterocycles. The molecule has 0 radical (unpaired) electrons. The second kappa shape index (κ2) is 4.68. The molecule has 0 saturated heterocycles. The van der Waals surface area contributed by atoms with E-state index in [2.05, 4.69) is 10.3 Å². The summed E-state index contributed by atoms with van der Waals surface area (Å²) < 4.78 is 20.2. The second-order valence-electron chi connectivity index (χ2n) is 3.27. The molecule has 0 atom stereocenters. The van der Waals surface area contributed by atoms with Crippen LogP contribution in [0.1, 0.15) is 5.56 Å². The summed E-state index contributed by atoms with van der Waals surface area (Å²) in [5.41, 5.74) is 6.32. The molecule has 0 aliphatic rings. The summed E-state index contributed by atoms with van der Waals surface area (Å²) in [4.78, 5) is 0. The van der Waals surface area contributed by atoms with E-state index in [9.17, 15) is 4.39 Å². The van der Waals surface area contributed by atoms with Crippen molar-refractivity contribution >= 4 is 11.6 Å². The monoisotopic (exact) mass is 256 g/mol. The highest BCUT2D eigenvalue weighted by atomic mass is 35.5. The third-order valence-corrected chi connectivity index (χ3v) is 2.49. The quantitative estimate of drug-likeness (QED) is 0.904. The van der Waals surface area contributed by atoms with Gasteiger partial charge < -0.3 is 10.5 Å². The minimum absolute atomic E-state index is 0.0237. The van der Waals surface area contributed by atoms with E-state index in [0.717, 1.165) is 0 Å². The predicted molar refractivity (Wildman–Crippen MR) is 60.8 cm³/mol. The van der Waals surface area contributed by atoms with Crippen molar-refractivity contribution in [2.24, 2.45) is 5.73 Å². The molecule has 0 aliphatic carbocycles. The molecule has 1 aromatic carbocycles. The summed E-state index contributed by atoms with van der Waals surface area (Å²) in [6.07, 6.45) is 1.47. The third kappa shape index (κ3) is 2.09. The van der Waals surface area contributed by atoms with Gasteiger partial charge in [-0.25, -0.2) is 9.07 Å². The molecular weight excluding hydrogens is 247 g/mol. The summed E-state index contributed by atoms with van der Waals surface area (Å²) in [6, 6.07) is 3.15. The van der Waals surface area contributed by atoms with Crippen molar-refractivity contribution in [2.45, 2.75) is 6.54 Å². The number of nitrogens with zero attached hydrogens (tertiary/aromatic N) is 3. The van der Waals surface area contributed by atoms with Gasteiger partial charge in [-0.2, -0.15) is 0 Å². The molecule has 0 aliphatic heterocycles. The summed E-state index contributed by atoms with van der Waals surface area (Å²) >= 11 is 5.66. The Kier molecular flexibility index (Phi) is 3.26. The van der Waals surface area contributed by atoms with Crippen LogP contribution in [0, 0.1) is 5.82 Å². The van der Waals surface area contributed by atoms with Crippen LogP contribution in [-0.4, -0.2) is 22.1 Å². The number of nitrogens with two attached hydrogens (primary N) is 1. The highest BCUT2D eigenvalue weighted by molar-refractivity contribution is 6.29. The average molecular weight is 257 g/mol. The molecule has 0 amide bonds. The predicted octanol–water partition coefficient (Wildman–Crippen LogP) is 1.53. The van der Waals surface area contributed by atoms with Gasteiger partial charge in [0.15, 0.2) is 16.7 Å². The van der Waals surface area contributed by atoms with Gasteiger partial charge in [-0.15, -0.1) is 5.10 Å². The van der Waals surface area contributed by atoms with E-state index in [0.29, 0.717) is 11.3 Å². The molecule has 7 heteroatoms. The van der Waals surface area contributed by atoms with Gasteiger partial charge in [0.05, 0.1) is 19.0 Å². The molecule has 0 saturated carbocycles. The number of benzene rings is 1. The highest BCUT2D eigenvalue weighted by Crippen LogP contribution is 2.25. The van der Waals surface area contributed by atoms with E-state index in [1.807, 2.05) is 0 Å². The number of halogens is 2. The first-order valence-corrected chi connectivity index (χ1v) is 5.18. The SMILES string of the molecule is COc1ccc(-n2cc(Cl)nn2)c(CN)c1F. The Morgan fingerprint density at radius 3 is 2.82 bits per heavy atom. The van der Waals surface area contributed by atoms with Gasteiger partial charge in [0.25, 0.3) is 0 Å². The Labute approximate surface area is 102 Å². The highest BCUT2D eigenvalue weighted by Gasteiger charge is 2.15. The number of hydrogen-bond acceptors (Lipinski definition) is 4. The fraction of sp³-hybridized carbons (Fsp3) is 0.200. The van der Waals surface area contributed by atoms with E-state index >= 15 is 0 Å². The molecule has 2 aromatic rings. The van der Waals surface area contributed by atoms with Crippen LogP contribution < -0.4 is 10.5 Å². The lowest BCUT2D eigenvalue weighted by molar-refractivity contribution is 0.384. The van der Waals surface area contributed by atoms with E-state index < -0.39 is 5.82 Å². The van der Waals surface area contributed by atoms with Crippen LogP contribution in [0.25, 0.3) is 5.69 Å². The smallest absolute Gasteiger partial charge is 0.171 e. The summed E-state index contributed by atoms with van der Waals surface area (Å²) in [5.74, 6) is -0.362. The van der Waals surface area contributed by atoms with Crippen LogP contribution >= 0.6 is 11.6 Å². The topological polar surface area (TPSA) is 66.0 Å². The minimum atomic E-state index is -0.501. The maximum absolute atomic E-state index is 13.9. The fourth-order valence-corrected chi connectivity index (χ4v) is 1.64. The average Bonchev–Trinajstić information content (AvgIpc) is 2.75. The Morgan fingerprint density at radius 1 is 1.53 bits per heavy atom. The van der Waals surface area contributed by atoms with Crippen molar-refractivity contribution in [1.82, 2.24) is 15.0 Å². The van der Waals surface area contributed by atoms with E-state index in [1.54, 1.807) is 6.07 Å². The van der Waals surface area contributed by atoms with Gasteiger partial charge in [0, 0.05) is 12.1 Å². The molecular formula is C10H10ClFN4O. The maximum Gasteiger partial charge on any atom is 0.171 e. The van der Waals surface area contributed by atoms with E-state index in [4.69, 9.17) is 22.1 Å². The summed E-state index contributed by atoms with van der Waals surface area (Å²) in [6.45, 7) is 0.0237. The number of aromatic nitrogens is 3. The first-order valence-electron chi connectivity index (χ1n) is 4.81. The number of hydrogen-bond donors (Lipinski definition) is 1. The number of rotatable bonds is 3. The van der Waals surface area contributed by atoms with Gasteiger partial charge in [0.2, 0.25) is 0 Å². The van der Waals surface area contributed by atoms with Crippen LogP contribution in [-0.2, 0) is 6.54 Å². The van der Waals surface area contributed by atoms with Gasteiger partial charge in [-0.05, 0) is 12.1 Å². The van der Waals surface area contributed by atoms with Crippen molar-refractivity contribution in [3.8, 4) is 11.4 Å². The van der Waals surface area contributed by atoms with Crippen molar-refractivity contribution in [3.05, 3.63) is 34.9 Å². The van der Waals surface area contributed by atoms with Gasteiger partial charge in [-0.1, -0.05) is 16.8 Å². The van der Waals surface area contributed by atoms with Gasteiger partial charge in [-0.3, -0.25) is 0 Å².